The average molecular weight is 329 g/mol. The second-order valence-electron chi connectivity index (χ2n) is 5.46. The number of para-hydroxylation sites is 1. The molecule has 0 saturated carbocycles. The third-order valence-corrected chi connectivity index (χ3v) is 3.81. The van der Waals surface area contributed by atoms with Crippen molar-refractivity contribution in [2.75, 3.05) is 12.4 Å². The van der Waals surface area contributed by atoms with Gasteiger partial charge in [-0.05, 0) is 23.3 Å². The van der Waals surface area contributed by atoms with E-state index in [9.17, 15) is 4.79 Å². The molecule has 0 saturated heterocycles. The van der Waals surface area contributed by atoms with Crippen LogP contribution in [0.15, 0.2) is 91.0 Å². The fraction of sp³-hybridized carbons (Fsp3) is 0.0455. The van der Waals surface area contributed by atoms with Crippen LogP contribution in [0.1, 0.15) is 11.1 Å². The molecule has 1 N–H and O–H groups in total. The van der Waals surface area contributed by atoms with Crippen molar-refractivity contribution in [1.29, 1.82) is 0 Å². The SMILES string of the molecule is COC(=O)/C(=C(\Nc1ccccc1)c1ccccc1)c1ccccc1. The van der Waals surface area contributed by atoms with Crippen molar-refractivity contribution in [2.45, 2.75) is 0 Å². The van der Waals surface area contributed by atoms with Crippen molar-refractivity contribution in [3.05, 3.63) is 102 Å². The fourth-order valence-corrected chi connectivity index (χ4v) is 2.62. The van der Waals surface area contributed by atoms with E-state index in [2.05, 4.69) is 5.32 Å². The van der Waals surface area contributed by atoms with Gasteiger partial charge in [0, 0.05) is 5.69 Å². The molecule has 0 amide bonds. The molecule has 3 aromatic carbocycles. The van der Waals surface area contributed by atoms with Gasteiger partial charge in [-0.2, -0.15) is 0 Å². The van der Waals surface area contributed by atoms with Gasteiger partial charge in [0.15, 0.2) is 0 Å². The van der Waals surface area contributed by atoms with Gasteiger partial charge in [-0.1, -0.05) is 78.9 Å². The molecule has 0 heterocycles. The quantitative estimate of drug-likeness (QED) is 0.413. The fourth-order valence-electron chi connectivity index (χ4n) is 2.62. The Morgan fingerprint density at radius 2 is 1.20 bits per heavy atom. The smallest absolute Gasteiger partial charge is 0.340 e. The highest BCUT2D eigenvalue weighted by Gasteiger charge is 2.20. The molecule has 0 aromatic heterocycles. The highest BCUT2D eigenvalue weighted by Crippen LogP contribution is 2.29. The standard InChI is InChI=1S/C22H19NO2/c1-25-22(24)20(17-11-5-2-6-12-17)21(18-13-7-3-8-14-18)23-19-15-9-4-10-16-19/h2-16,23H,1H3/b21-20-. The van der Waals surface area contributed by atoms with Crippen LogP contribution in [0.5, 0.6) is 0 Å². The molecule has 0 aliphatic heterocycles. The van der Waals surface area contributed by atoms with Crippen LogP contribution in [0.4, 0.5) is 5.69 Å². The number of rotatable bonds is 5. The largest absolute Gasteiger partial charge is 0.465 e. The van der Waals surface area contributed by atoms with Gasteiger partial charge in [-0.15, -0.1) is 0 Å². The van der Waals surface area contributed by atoms with E-state index in [0.717, 1.165) is 16.8 Å². The predicted octanol–water partition coefficient (Wildman–Crippen LogP) is 4.84. The number of hydrogen-bond acceptors (Lipinski definition) is 3. The Balaban J connectivity index is 2.21. The number of anilines is 1. The lowest BCUT2D eigenvalue weighted by Crippen LogP contribution is -2.11. The van der Waals surface area contributed by atoms with E-state index in [4.69, 9.17) is 4.74 Å². The summed E-state index contributed by atoms with van der Waals surface area (Å²) in [5.41, 5.74) is 3.83. The third kappa shape index (κ3) is 3.96. The monoisotopic (exact) mass is 329 g/mol. The highest BCUT2D eigenvalue weighted by atomic mass is 16.5. The van der Waals surface area contributed by atoms with Crippen LogP contribution in [0, 0.1) is 0 Å². The lowest BCUT2D eigenvalue weighted by atomic mass is 9.99. The van der Waals surface area contributed by atoms with Gasteiger partial charge in [0.25, 0.3) is 0 Å². The number of methoxy groups -OCH3 is 1. The molecule has 0 aliphatic rings. The first-order valence-corrected chi connectivity index (χ1v) is 8.05. The summed E-state index contributed by atoms with van der Waals surface area (Å²) >= 11 is 0. The van der Waals surface area contributed by atoms with Gasteiger partial charge in [0.1, 0.15) is 0 Å². The molecule has 3 rings (SSSR count). The number of hydrogen-bond donors (Lipinski definition) is 1. The van der Waals surface area contributed by atoms with E-state index in [-0.39, 0.29) is 5.97 Å². The van der Waals surface area contributed by atoms with Crippen LogP contribution in [0.3, 0.4) is 0 Å². The van der Waals surface area contributed by atoms with E-state index in [1.807, 2.05) is 91.0 Å². The molecular weight excluding hydrogens is 310 g/mol. The minimum atomic E-state index is -0.381. The van der Waals surface area contributed by atoms with Crippen molar-refractivity contribution in [1.82, 2.24) is 0 Å². The maximum atomic E-state index is 12.6. The summed E-state index contributed by atoms with van der Waals surface area (Å²) in [5.74, 6) is -0.381. The molecule has 3 heteroatoms. The molecule has 3 nitrogen and oxygen atoms in total. The molecular formula is C22H19NO2. The van der Waals surface area contributed by atoms with Gasteiger partial charge >= 0.3 is 5.97 Å². The molecule has 0 fully saturated rings. The first-order valence-electron chi connectivity index (χ1n) is 8.05. The van der Waals surface area contributed by atoms with Crippen LogP contribution in [0.25, 0.3) is 11.3 Å². The van der Waals surface area contributed by atoms with Gasteiger partial charge in [0.05, 0.1) is 18.4 Å². The minimum Gasteiger partial charge on any atom is -0.465 e. The zero-order valence-electron chi connectivity index (χ0n) is 14.0. The summed E-state index contributed by atoms with van der Waals surface area (Å²) in [6.45, 7) is 0. The summed E-state index contributed by atoms with van der Waals surface area (Å²) < 4.78 is 5.07. The number of carbonyl (C=O) groups excluding carboxylic acids is 1. The zero-order chi connectivity index (χ0) is 17.5. The van der Waals surface area contributed by atoms with Gasteiger partial charge < -0.3 is 10.1 Å². The van der Waals surface area contributed by atoms with Gasteiger partial charge in [-0.25, -0.2) is 4.79 Å². The highest BCUT2D eigenvalue weighted by molar-refractivity contribution is 6.25. The van der Waals surface area contributed by atoms with E-state index in [0.29, 0.717) is 11.3 Å². The van der Waals surface area contributed by atoms with Crippen molar-refractivity contribution >= 4 is 22.9 Å². The number of benzene rings is 3. The molecule has 25 heavy (non-hydrogen) atoms. The predicted molar refractivity (Wildman–Crippen MR) is 102 cm³/mol. The van der Waals surface area contributed by atoms with E-state index >= 15 is 0 Å². The Labute approximate surface area is 147 Å². The summed E-state index contributed by atoms with van der Waals surface area (Å²) in [7, 11) is 1.40. The number of nitrogens with one attached hydrogen (secondary N) is 1. The Kier molecular flexibility index (Phi) is 5.27. The molecule has 124 valence electrons. The molecule has 0 aliphatic carbocycles. The second kappa shape index (κ2) is 7.97. The number of carbonyl (C=O) groups is 1. The van der Waals surface area contributed by atoms with Crippen molar-refractivity contribution < 1.29 is 9.53 Å². The maximum absolute atomic E-state index is 12.6. The van der Waals surface area contributed by atoms with Crippen LogP contribution < -0.4 is 5.32 Å². The second-order valence-corrected chi connectivity index (χ2v) is 5.46. The summed E-state index contributed by atoms with van der Waals surface area (Å²) in [4.78, 5) is 12.6. The number of ether oxygens (including phenoxy) is 1. The first-order chi connectivity index (χ1) is 12.3. The molecule has 0 bridgehead atoms. The van der Waals surface area contributed by atoms with Crippen molar-refractivity contribution in [3.8, 4) is 0 Å². The third-order valence-electron chi connectivity index (χ3n) is 3.81. The normalized spacial score (nSPS) is 11.4. The molecule has 0 radical (unpaired) electrons. The summed E-state index contributed by atoms with van der Waals surface area (Å²) in [5, 5.41) is 3.39. The topological polar surface area (TPSA) is 38.3 Å². The maximum Gasteiger partial charge on any atom is 0.340 e. The van der Waals surface area contributed by atoms with E-state index in [1.165, 1.54) is 7.11 Å². The Bertz CT molecular complexity index is 856. The van der Waals surface area contributed by atoms with Crippen LogP contribution in [-0.2, 0) is 9.53 Å². The van der Waals surface area contributed by atoms with E-state index < -0.39 is 0 Å². The van der Waals surface area contributed by atoms with Gasteiger partial charge in [-0.3, -0.25) is 0 Å². The van der Waals surface area contributed by atoms with Crippen LogP contribution in [0.2, 0.25) is 0 Å². The van der Waals surface area contributed by atoms with Crippen molar-refractivity contribution in [2.24, 2.45) is 0 Å². The first kappa shape index (κ1) is 16.5. The zero-order valence-corrected chi connectivity index (χ0v) is 14.0. The average Bonchev–Trinajstić information content (AvgIpc) is 2.69. The van der Waals surface area contributed by atoms with E-state index in [1.54, 1.807) is 0 Å². The molecule has 0 atom stereocenters. The Hall–Kier alpha value is -3.33. The lowest BCUT2D eigenvalue weighted by Gasteiger charge is -2.17. The molecule has 0 spiro atoms. The minimum absolute atomic E-state index is 0.381. The Morgan fingerprint density at radius 3 is 1.72 bits per heavy atom. The Morgan fingerprint density at radius 1 is 0.720 bits per heavy atom. The van der Waals surface area contributed by atoms with Crippen LogP contribution in [-0.4, -0.2) is 13.1 Å². The molecule has 3 aromatic rings. The lowest BCUT2D eigenvalue weighted by molar-refractivity contribution is -0.133. The number of esters is 1. The summed E-state index contributed by atoms with van der Waals surface area (Å²) in [6.07, 6.45) is 0. The summed E-state index contributed by atoms with van der Waals surface area (Å²) in [6, 6.07) is 29.1. The van der Waals surface area contributed by atoms with Crippen LogP contribution >= 0.6 is 0 Å². The van der Waals surface area contributed by atoms with Crippen molar-refractivity contribution in [3.63, 3.8) is 0 Å². The molecule has 0 unspecified atom stereocenters. The van der Waals surface area contributed by atoms with Gasteiger partial charge in [0.2, 0.25) is 0 Å².